The number of hydrogen-bond donors (Lipinski definition) is 1. The van der Waals surface area contributed by atoms with Crippen molar-refractivity contribution in [1.82, 2.24) is 0 Å². The highest BCUT2D eigenvalue weighted by Crippen LogP contribution is 2.31. The van der Waals surface area contributed by atoms with E-state index in [2.05, 4.69) is 48.1 Å². The molecule has 1 N–H and O–H groups in total. The van der Waals surface area contributed by atoms with Gasteiger partial charge in [0.2, 0.25) is 0 Å². The van der Waals surface area contributed by atoms with Gasteiger partial charge in [0.05, 0.1) is 4.47 Å². The summed E-state index contributed by atoms with van der Waals surface area (Å²) in [5.74, 6) is 0.500. The van der Waals surface area contributed by atoms with Crippen molar-refractivity contribution in [3.63, 3.8) is 0 Å². The van der Waals surface area contributed by atoms with Crippen molar-refractivity contribution in [3.05, 3.63) is 57.6 Å². The second-order valence-electron chi connectivity index (χ2n) is 6.79. The first-order chi connectivity index (χ1) is 10.6. The smallest absolute Gasteiger partial charge is 0.409 e. The first-order valence-electron chi connectivity index (χ1n) is 7.52. The lowest BCUT2D eigenvalue weighted by Gasteiger charge is -2.20. The van der Waals surface area contributed by atoms with E-state index < -0.39 is 6.09 Å². The minimum atomic E-state index is -0.501. The van der Waals surface area contributed by atoms with Gasteiger partial charge in [0.15, 0.2) is 0 Å². The summed E-state index contributed by atoms with van der Waals surface area (Å²) in [6.45, 7) is 10.4. The van der Waals surface area contributed by atoms with E-state index in [-0.39, 0.29) is 5.41 Å². The quantitative estimate of drug-likeness (QED) is 0.701. The highest BCUT2D eigenvalue weighted by atomic mass is 79.9. The summed E-state index contributed by atoms with van der Waals surface area (Å²) in [5.41, 5.74) is 4.14. The first-order valence-corrected chi connectivity index (χ1v) is 8.31. The second kappa shape index (κ2) is 6.75. The molecule has 0 aliphatic rings. The fourth-order valence-electron chi connectivity index (χ4n) is 2.34. The molecule has 4 heteroatoms. The van der Waals surface area contributed by atoms with Gasteiger partial charge in [0.25, 0.3) is 0 Å². The molecular formula is C19H22BrNO2. The molecule has 3 nitrogen and oxygen atoms in total. The molecule has 2 rings (SSSR count). The Morgan fingerprint density at radius 2 is 1.65 bits per heavy atom. The van der Waals surface area contributed by atoms with E-state index in [0.29, 0.717) is 5.75 Å². The summed E-state index contributed by atoms with van der Waals surface area (Å²) in [6.07, 6.45) is -0.501. The molecule has 0 aromatic heterocycles. The molecule has 0 aliphatic heterocycles. The Morgan fingerprint density at radius 3 is 2.17 bits per heavy atom. The fourth-order valence-corrected chi connectivity index (χ4v) is 2.80. The van der Waals surface area contributed by atoms with Crippen LogP contribution in [0.1, 0.15) is 37.5 Å². The number of anilines is 1. The van der Waals surface area contributed by atoms with E-state index in [0.717, 1.165) is 21.3 Å². The topological polar surface area (TPSA) is 38.3 Å². The van der Waals surface area contributed by atoms with Crippen LogP contribution in [0.3, 0.4) is 0 Å². The van der Waals surface area contributed by atoms with Gasteiger partial charge in [-0.1, -0.05) is 32.9 Å². The number of carbonyl (C=O) groups is 1. The zero-order chi connectivity index (χ0) is 17.2. The number of carbonyl (C=O) groups excluding carboxylic acids is 1. The SMILES string of the molecule is Cc1cc(C)cc(NC(=O)Oc2ccc(C(C)(C)C)cc2Br)c1. The van der Waals surface area contributed by atoms with Crippen LogP contribution in [0, 0.1) is 13.8 Å². The number of amides is 1. The third-order valence-electron chi connectivity index (χ3n) is 3.47. The Balaban J connectivity index is 2.11. The van der Waals surface area contributed by atoms with Crippen LogP contribution >= 0.6 is 15.9 Å². The van der Waals surface area contributed by atoms with Crippen molar-refractivity contribution >= 4 is 27.7 Å². The summed E-state index contributed by atoms with van der Waals surface area (Å²) in [5, 5.41) is 2.76. The molecule has 1 amide bonds. The maximum atomic E-state index is 12.1. The van der Waals surface area contributed by atoms with Gasteiger partial charge in [-0.05, 0) is 76.1 Å². The predicted molar refractivity (Wildman–Crippen MR) is 98.4 cm³/mol. The highest BCUT2D eigenvalue weighted by Gasteiger charge is 2.16. The molecule has 0 unspecified atom stereocenters. The molecule has 0 saturated carbocycles. The van der Waals surface area contributed by atoms with Gasteiger partial charge in [-0.25, -0.2) is 4.79 Å². The Bertz CT molecular complexity index is 712. The van der Waals surface area contributed by atoms with Crippen LogP contribution in [0.5, 0.6) is 5.75 Å². The molecule has 0 fully saturated rings. The van der Waals surface area contributed by atoms with Gasteiger partial charge in [0, 0.05) is 5.69 Å². The van der Waals surface area contributed by atoms with Crippen molar-refractivity contribution in [3.8, 4) is 5.75 Å². The number of hydrogen-bond acceptors (Lipinski definition) is 2. The predicted octanol–water partition coefficient (Wildman–Crippen LogP) is 5.97. The number of ether oxygens (including phenoxy) is 1. The Kier molecular flexibility index (Phi) is 5.15. The summed E-state index contributed by atoms with van der Waals surface area (Å²) in [6, 6.07) is 11.6. The van der Waals surface area contributed by atoms with Crippen LogP contribution in [0.4, 0.5) is 10.5 Å². The zero-order valence-electron chi connectivity index (χ0n) is 14.2. The number of rotatable bonds is 2. The molecule has 0 aliphatic carbocycles. The molecule has 2 aromatic carbocycles. The van der Waals surface area contributed by atoms with Crippen molar-refractivity contribution < 1.29 is 9.53 Å². The van der Waals surface area contributed by atoms with Crippen molar-refractivity contribution in [2.75, 3.05) is 5.32 Å². The van der Waals surface area contributed by atoms with Crippen LogP contribution in [-0.4, -0.2) is 6.09 Å². The van der Waals surface area contributed by atoms with Crippen LogP contribution in [-0.2, 0) is 5.41 Å². The number of aryl methyl sites for hydroxylation is 2. The van der Waals surface area contributed by atoms with E-state index in [1.165, 1.54) is 5.56 Å². The summed E-state index contributed by atoms with van der Waals surface area (Å²) in [7, 11) is 0. The van der Waals surface area contributed by atoms with Gasteiger partial charge >= 0.3 is 6.09 Å². The van der Waals surface area contributed by atoms with Gasteiger partial charge < -0.3 is 4.74 Å². The van der Waals surface area contributed by atoms with Gasteiger partial charge in [-0.2, -0.15) is 0 Å². The maximum Gasteiger partial charge on any atom is 0.417 e. The third-order valence-corrected chi connectivity index (χ3v) is 4.09. The number of nitrogens with one attached hydrogen (secondary N) is 1. The minimum absolute atomic E-state index is 0.0440. The molecule has 23 heavy (non-hydrogen) atoms. The molecule has 0 atom stereocenters. The monoisotopic (exact) mass is 375 g/mol. The van der Waals surface area contributed by atoms with Gasteiger partial charge in [-0.15, -0.1) is 0 Å². The van der Waals surface area contributed by atoms with E-state index in [9.17, 15) is 4.79 Å². The molecular weight excluding hydrogens is 354 g/mol. The first kappa shape index (κ1) is 17.5. The Labute approximate surface area is 146 Å². The molecule has 0 radical (unpaired) electrons. The normalized spacial score (nSPS) is 11.2. The molecule has 2 aromatic rings. The maximum absolute atomic E-state index is 12.1. The Morgan fingerprint density at radius 1 is 1.04 bits per heavy atom. The number of halogens is 1. The van der Waals surface area contributed by atoms with E-state index in [4.69, 9.17) is 4.74 Å². The van der Waals surface area contributed by atoms with Gasteiger partial charge in [0.1, 0.15) is 5.75 Å². The Hall–Kier alpha value is -1.81. The minimum Gasteiger partial charge on any atom is -0.409 e. The lowest BCUT2D eigenvalue weighted by Crippen LogP contribution is -2.17. The van der Waals surface area contributed by atoms with Crippen molar-refractivity contribution in [2.45, 2.75) is 40.0 Å². The van der Waals surface area contributed by atoms with Crippen LogP contribution in [0.2, 0.25) is 0 Å². The molecule has 122 valence electrons. The number of benzene rings is 2. The lowest BCUT2D eigenvalue weighted by molar-refractivity contribution is 0.215. The highest BCUT2D eigenvalue weighted by molar-refractivity contribution is 9.10. The zero-order valence-corrected chi connectivity index (χ0v) is 15.7. The van der Waals surface area contributed by atoms with Crippen molar-refractivity contribution in [2.24, 2.45) is 0 Å². The standard InChI is InChI=1S/C19H22BrNO2/c1-12-8-13(2)10-15(9-12)21-18(22)23-17-7-6-14(11-16(17)20)19(3,4)5/h6-11H,1-5H3,(H,21,22). The van der Waals surface area contributed by atoms with E-state index in [1.807, 2.05) is 44.2 Å². The average molecular weight is 376 g/mol. The fraction of sp³-hybridized carbons (Fsp3) is 0.316. The average Bonchev–Trinajstić information content (AvgIpc) is 2.38. The van der Waals surface area contributed by atoms with E-state index >= 15 is 0 Å². The van der Waals surface area contributed by atoms with Crippen molar-refractivity contribution in [1.29, 1.82) is 0 Å². The lowest BCUT2D eigenvalue weighted by atomic mass is 9.87. The largest absolute Gasteiger partial charge is 0.417 e. The second-order valence-corrected chi connectivity index (χ2v) is 7.64. The molecule has 0 spiro atoms. The van der Waals surface area contributed by atoms with Gasteiger partial charge in [-0.3, -0.25) is 5.32 Å². The molecule has 0 saturated heterocycles. The van der Waals surface area contributed by atoms with Crippen LogP contribution in [0.25, 0.3) is 0 Å². The summed E-state index contributed by atoms with van der Waals surface area (Å²) < 4.78 is 6.16. The van der Waals surface area contributed by atoms with Crippen LogP contribution in [0.15, 0.2) is 40.9 Å². The summed E-state index contributed by atoms with van der Waals surface area (Å²) in [4.78, 5) is 12.1. The van der Waals surface area contributed by atoms with E-state index in [1.54, 1.807) is 0 Å². The van der Waals surface area contributed by atoms with Crippen LogP contribution < -0.4 is 10.1 Å². The molecule has 0 bridgehead atoms. The third kappa shape index (κ3) is 4.83. The summed E-state index contributed by atoms with van der Waals surface area (Å²) >= 11 is 3.47. The molecule has 0 heterocycles.